The standard InChI is InChI=1S/C16H27N3O/c1-7-14-8-13(9-15(17-6)18-14)16(20)19(12(4)5)10-11(2)3/h8-9,11-12H,7,10H2,1-6H3,(H,17,18). The summed E-state index contributed by atoms with van der Waals surface area (Å²) < 4.78 is 0. The van der Waals surface area contributed by atoms with Crippen molar-refractivity contribution in [2.75, 3.05) is 18.9 Å². The molecule has 0 aliphatic heterocycles. The molecule has 0 radical (unpaired) electrons. The number of carbonyl (C=O) groups excluding carboxylic acids is 1. The first-order valence-corrected chi connectivity index (χ1v) is 7.38. The molecular weight excluding hydrogens is 250 g/mol. The molecule has 112 valence electrons. The van der Waals surface area contributed by atoms with Crippen LogP contribution in [0.4, 0.5) is 5.82 Å². The van der Waals surface area contributed by atoms with E-state index in [4.69, 9.17) is 0 Å². The van der Waals surface area contributed by atoms with Crippen LogP contribution in [0.5, 0.6) is 0 Å². The van der Waals surface area contributed by atoms with Crippen LogP contribution in [0.3, 0.4) is 0 Å². The first kappa shape index (κ1) is 16.5. The third-order valence-electron chi connectivity index (χ3n) is 3.19. The predicted octanol–water partition coefficient (Wildman–Crippen LogP) is 3.19. The summed E-state index contributed by atoms with van der Waals surface area (Å²) in [5, 5.41) is 3.02. The van der Waals surface area contributed by atoms with Crippen molar-refractivity contribution in [2.45, 2.75) is 47.1 Å². The molecule has 0 fully saturated rings. The van der Waals surface area contributed by atoms with Crippen molar-refractivity contribution in [3.05, 3.63) is 23.4 Å². The average Bonchev–Trinajstić information content (AvgIpc) is 2.42. The number of nitrogens with one attached hydrogen (secondary N) is 1. The van der Waals surface area contributed by atoms with Gasteiger partial charge in [0.15, 0.2) is 0 Å². The van der Waals surface area contributed by atoms with Crippen molar-refractivity contribution < 1.29 is 4.79 Å². The van der Waals surface area contributed by atoms with Crippen LogP contribution in [0.25, 0.3) is 0 Å². The van der Waals surface area contributed by atoms with Gasteiger partial charge in [0.2, 0.25) is 0 Å². The van der Waals surface area contributed by atoms with Crippen LogP contribution in [0.2, 0.25) is 0 Å². The number of nitrogens with zero attached hydrogens (tertiary/aromatic N) is 2. The van der Waals surface area contributed by atoms with E-state index in [0.717, 1.165) is 30.0 Å². The fourth-order valence-electron chi connectivity index (χ4n) is 2.11. The molecule has 1 amide bonds. The highest BCUT2D eigenvalue weighted by molar-refractivity contribution is 5.95. The van der Waals surface area contributed by atoms with Crippen LogP contribution in [0, 0.1) is 5.92 Å². The van der Waals surface area contributed by atoms with Gasteiger partial charge in [-0.1, -0.05) is 20.8 Å². The molecule has 0 aromatic carbocycles. The predicted molar refractivity (Wildman–Crippen MR) is 84.2 cm³/mol. The molecule has 1 heterocycles. The molecular formula is C16H27N3O. The van der Waals surface area contributed by atoms with Gasteiger partial charge in [0.25, 0.3) is 5.91 Å². The van der Waals surface area contributed by atoms with Crippen molar-refractivity contribution in [2.24, 2.45) is 5.92 Å². The molecule has 0 aliphatic carbocycles. The second kappa shape index (κ2) is 7.27. The second-order valence-corrected chi connectivity index (χ2v) is 5.78. The molecule has 0 unspecified atom stereocenters. The molecule has 0 spiro atoms. The molecule has 0 aliphatic rings. The summed E-state index contributed by atoms with van der Waals surface area (Å²) in [4.78, 5) is 19.1. The SMILES string of the molecule is CCc1cc(C(=O)N(CC(C)C)C(C)C)cc(NC)n1. The first-order valence-electron chi connectivity index (χ1n) is 7.38. The highest BCUT2D eigenvalue weighted by Gasteiger charge is 2.20. The molecule has 4 heteroatoms. The maximum atomic E-state index is 12.7. The van der Waals surface area contributed by atoms with Gasteiger partial charge >= 0.3 is 0 Å². The van der Waals surface area contributed by atoms with E-state index in [-0.39, 0.29) is 11.9 Å². The zero-order chi connectivity index (χ0) is 15.3. The number of aryl methyl sites for hydroxylation is 1. The van der Waals surface area contributed by atoms with Crippen molar-refractivity contribution in [1.29, 1.82) is 0 Å². The van der Waals surface area contributed by atoms with Gasteiger partial charge in [0, 0.05) is 30.9 Å². The zero-order valence-electron chi connectivity index (χ0n) is 13.5. The fourth-order valence-corrected chi connectivity index (χ4v) is 2.11. The third-order valence-corrected chi connectivity index (χ3v) is 3.19. The summed E-state index contributed by atoms with van der Waals surface area (Å²) in [5.41, 5.74) is 1.66. The minimum atomic E-state index is 0.0855. The van der Waals surface area contributed by atoms with Crippen LogP contribution in [-0.2, 0) is 6.42 Å². The number of pyridine rings is 1. The maximum absolute atomic E-state index is 12.7. The van der Waals surface area contributed by atoms with E-state index >= 15 is 0 Å². The number of hydrogen-bond donors (Lipinski definition) is 1. The Balaban J connectivity index is 3.10. The van der Waals surface area contributed by atoms with Crippen LogP contribution in [0.15, 0.2) is 12.1 Å². The lowest BCUT2D eigenvalue weighted by atomic mass is 10.1. The quantitative estimate of drug-likeness (QED) is 0.868. The Bertz CT molecular complexity index is 433. The van der Waals surface area contributed by atoms with Gasteiger partial charge in [-0.25, -0.2) is 4.98 Å². The van der Waals surface area contributed by atoms with Crippen LogP contribution >= 0.6 is 0 Å². The second-order valence-electron chi connectivity index (χ2n) is 5.78. The molecule has 20 heavy (non-hydrogen) atoms. The summed E-state index contributed by atoms with van der Waals surface area (Å²) in [6.45, 7) is 11.2. The van der Waals surface area contributed by atoms with E-state index in [1.807, 2.05) is 31.0 Å². The normalized spacial score (nSPS) is 11.0. The number of aromatic nitrogens is 1. The van der Waals surface area contributed by atoms with Gasteiger partial charge in [-0.05, 0) is 38.3 Å². The minimum absolute atomic E-state index is 0.0855. The molecule has 4 nitrogen and oxygen atoms in total. The van der Waals surface area contributed by atoms with Gasteiger partial charge in [-0.2, -0.15) is 0 Å². The maximum Gasteiger partial charge on any atom is 0.254 e. The monoisotopic (exact) mass is 277 g/mol. The molecule has 1 rings (SSSR count). The Morgan fingerprint density at radius 1 is 1.30 bits per heavy atom. The van der Waals surface area contributed by atoms with E-state index in [1.165, 1.54) is 0 Å². The summed E-state index contributed by atoms with van der Waals surface area (Å²) in [7, 11) is 1.82. The van der Waals surface area contributed by atoms with Gasteiger partial charge in [-0.15, -0.1) is 0 Å². The largest absolute Gasteiger partial charge is 0.373 e. The molecule has 1 N–H and O–H groups in total. The summed E-state index contributed by atoms with van der Waals surface area (Å²) in [5.74, 6) is 1.29. The Morgan fingerprint density at radius 2 is 1.95 bits per heavy atom. The number of carbonyl (C=O) groups is 1. The topological polar surface area (TPSA) is 45.2 Å². The van der Waals surface area contributed by atoms with Gasteiger partial charge in [0.1, 0.15) is 5.82 Å². The number of hydrogen-bond acceptors (Lipinski definition) is 3. The number of amides is 1. The van der Waals surface area contributed by atoms with Crippen molar-refractivity contribution >= 4 is 11.7 Å². The molecule has 1 aromatic heterocycles. The Kier molecular flexibility index (Phi) is 5.99. The average molecular weight is 277 g/mol. The lowest BCUT2D eigenvalue weighted by Gasteiger charge is -2.28. The smallest absolute Gasteiger partial charge is 0.254 e. The number of anilines is 1. The van der Waals surface area contributed by atoms with E-state index in [0.29, 0.717) is 5.92 Å². The fraction of sp³-hybridized carbons (Fsp3) is 0.625. The molecule has 0 saturated carbocycles. The molecule has 0 bridgehead atoms. The highest BCUT2D eigenvalue weighted by Crippen LogP contribution is 2.16. The van der Waals surface area contributed by atoms with E-state index in [9.17, 15) is 4.79 Å². The highest BCUT2D eigenvalue weighted by atomic mass is 16.2. The van der Waals surface area contributed by atoms with E-state index in [2.05, 4.69) is 38.0 Å². The molecule has 0 atom stereocenters. The first-order chi connectivity index (χ1) is 9.38. The van der Waals surface area contributed by atoms with Crippen LogP contribution < -0.4 is 5.32 Å². The van der Waals surface area contributed by atoms with Crippen LogP contribution in [0.1, 0.15) is 50.7 Å². The molecule has 1 aromatic rings. The summed E-state index contributed by atoms with van der Waals surface area (Å²) >= 11 is 0. The van der Waals surface area contributed by atoms with Crippen molar-refractivity contribution in [1.82, 2.24) is 9.88 Å². The van der Waals surface area contributed by atoms with Gasteiger partial charge < -0.3 is 10.2 Å². The van der Waals surface area contributed by atoms with E-state index < -0.39 is 0 Å². The zero-order valence-corrected chi connectivity index (χ0v) is 13.5. The van der Waals surface area contributed by atoms with Gasteiger partial charge in [-0.3, -0.25) is 4.79 Å². The summed E-state index contributed by atoms with van der Waals surface area (Å²) in [6.07, 6.45) is 0.821. The van der Waals surface area contributed by atoms with Crippen LogP contribution in [-0.4, -0.2) is 35.4 Å². The van der Waals surface area contributed by atoms with Crippen molar-refractivity contribution in [3.63, 3.8) is 0 Å². The number of rotatable bonds is 6. The Hall–Kier alpha value is -1.58. The lowest BCUT2D eigenvalue weighted by Crippen LogP contribution is -2.39. The lowest BCUT2D eigenvalue weighted by molar-refractivity contribution is 0.0682. The summed E-state index contributed by atoms with van der Waals surface area (Å²) in [6, 6.07) is 3.93. The van der Waals surface area contributed by atoms with E-state index in [1.54, 1.807) is 0 Å². The Morgan fingerprint density at radius 3 is 2.40 bits per heavy atom. The Labute approximate surface area is 122 Å². The minimum Gasteiger partial charge on any atom is -0.373 e. The van der Waals surface area contributed by atoms with Gasteiger partial charge in [0.05, 0.1) is 0 Å². The van der Waals surface area contributed by atoms with Crippen molar-refractivity contribution in [3.8, 4) is 0 Å². The third kappa shape index (κ3) is 4.22. The molecule has 0 saturated heterocycles.